The Balaban J connectivity index is 1.95. The minimum absolute atomic E-state index is 0.272. The van der Waals surface area contributed by atoms with Gasteiger partial charge in [0.1, 0.15) is 0 Å². The van der Waals surface area contributed by atoms with Crippen molar-refractivity contribution in [3.05, 3.63) is 0 Å². The van der Waals surface area contributed by atoms with Gasteiger partial charge in [-0.25, -0.2) is 0 Å². The molecule has 0 aromatic rings. The molecule has 0 amide bonds. The number of nitrogens with two attached hydrogens (primary N) is 1. The van der Waals surface area contributed by atoms with E-state index >= 15 is 0 Å². The van der Waals surface area contributed by atoms with Crippen LogP contribution in [0.5, 0.6) is 0 Å². The van der Waals surface area contributed by atoms with Crippen LogP contribution in [0.3, 0.4) is 0 Å². The molecule has 3 heteroatoms. The molecule has 1 aliphatic heterocycles. The Morgan fingerprint density at radius 1 is 1.19 bits per heavy atom. The lowest BCUT2D eigenvalue weighted by Crippen LogP contribution is -2.45. The number of morpholine rings is 1. The molecule has 3 nitrogen and oxygen atoms in total. The van der Waals surface area contributed by atoms with E-state index in [1.807, 2.05) is 0 Å². The van der Waals surface area contributed by atoms with Gasteiger partial charge in [-0.1, -0.05) is 39.0 Å². The maximum absolute atomic E-state index is 5.62. The van der Waals surface area contributed by atoms with E-state index in [1.165, 1.54) is 45.1 Å². The quantitative estimate of drug-likeness (QED) is 0.646. The van der Waals surface area contributed by atoms with Crippen LogP contribution in [0.2, 0.25) is 0 Å². The number of unbranched alkanes of at least 4 members (excludes halogenated alkanes) is 5. The molecule has 0 saturated carbocycles. The van der Waals surface area contributed by atoms with Gasteiger partial charge in [0, 0.05) is 19.6 Å². The van der Waals surface area contributed by atoms with Crippen molar-refractivity contribution in [2.75, 3.05) is 32.8 Å². The molecule has 1 atom stereocenters. The Hall–Kier alpha value is -0.120. The summed E-state index contributed by atoms with van der Waals surface area (Å²) in [5.41, 5.74) is 5.62. The minimum Gasteiger partial charge on any atom is -0.374 e. The molecule has 1 heterocycles. The average molecular weight is 228 g/mol. The number of nitrogens with zero attached hydrogens (tertiary/aromatic N) is 1. The van der Waals surface area contributed by atoms with E-state index in [4.69, 9.17) is 10.5 Å². The van der Waals surface area contributed by atoms with Crippen LogP contribution in [0.25, 0.3) is 0 Å². The SMILES string of the molecule is CCCCCCCCN1CCOC(CN)C1. The van der Waals surface area contributed by atoms with Gasteiger partial charge in [0.25, 0.3) is 0 Å². The van der Waals surface area contributed by atoms with E-state index in [9.17, 15) is 0 Å². The maximum Gasteiger partial charge on any atom is 0.0824 e. The first-order valence-corrected chi connectivity index (χ1v) is 6.90. The first-order chi connectivity index (χ1) is 7.86. The van der Waals surface area contributed by atoms with Gasteiger partial charge in [-0.05, 0) is 13.0 Å². The standard InChI is InChI=1S/C13H28N2O/c1-2-3-4-5-6-7-8-15-9-10-16-13(11-14)12-15/h13H,2-12,14H2,1H3. The van der Waals surface area contributed by atoms with Crippen LogP contribution in [0.15, 0.2) is 0 Å². The summed E-state index contributed by atoms with van der Waals surface area (Å²) >= 11 is 0. The van der Waals surface area contributed by atoms with Crippen LogP contribution in [0.1, 0.15) is 45.4 Å². The fourth-order valence-electron chi connectivity index (χ4n) is 2.24. The summed E-state index contributed by atoms with van der Waals surface area (Å²) in [5, 5.41) is 0. The molecule has 0 aromatic carbocycles. The summed E-state index contributed by atoms with van der Waals surface area (Å²) in [6, 6.07) is 0. The molecule has 1 saturated heterocycles. The summed E-state index contributed by atoms with van der Waals surface area (Å²) < 4.78 is 5.55. The molecule has 1 fully saturated rings. The van der Waals surface area contributed by atoms with Crippen molar-refractivity contribution >= 4 is 0 Å². The third-order valence-corrected chi connectivity index (χ3v) is 3.31. The van der Waals surface area contributed by atoms with Crippen molar-refractivity contribution in [1.82, 2.24) is 4.90 Å². The molecule has 2 N–H and O–H groups in total. The third-order valence-electron chi connectivity index (χ3n) is 3.31. The number of hydrogen-bond acceptors (Lipinski definition) is 3. The lowest BCUT2D eigenvalue weighted by Gasteiger charge is -2.32. The van der Waals surface area contributed by atoms with Crippen molar-refractivity contribution in [1.29, 1.82) is 0 Å². The molecule has 0 radical (unpaired) electrons. The van der Waals surface area contributed by atoms with Gasteiger partial charge >= 0.3 is 0 Å². The lowest BCUT2D eigenvalue weighted by atomic mass is 10.1. The minimum atomic E-state index is 0.272. The van der Waals surface area contributed by atoms with Crippen LogP contribution in [-0.2, 0) is 4.74 Å². The van der Waals surface area contributed by atoms with Crippen molar-refractivity contribution in [2.24, 2.45) is 5.73 Å². The molecular formula is C13H28N2O. The Labute approximate surface area is 100 Å². The van der Waals surface area contributed by atoms with E-state index in [0.29, 0.717) is 6.54 Å². The zero-order valence-corrected chi connectivity index (χ0v) is 10.8. The van der Waals surface area contributed by atoms with E-state index < -0.39 is 0 Å². The summed E-state index contributed by atoms with van der Waals surface area (Å²) in [7, 11) is 0. The van der Waals surface area contributed by atoms with E-state index in [0.717, 1.165) is 19.7 Å². The second-order valence-corrected chi connectivity index (χ2v) is 4.80. The van der Waals surface area contributed by atoms with E-state index in [1.54, 1.807) is 0 Å². The molecule has 96 valence electrons. The number of ether oxygens (including phenoxy) is 1. The zero-order valence-electron chi connectivity index (χ0n) is 10.8. The van der Waals surface area contributed by atoms with Crippen LogP contribution in [0.4, 0.5) is 0 Å². The summed E-state index contributed by atoms with van der Waals surface area (Å²) in [4.78, 5) is 2.50. The van der Waals surface area contributed by atoms with Gasteiger partial charge < -0.3 is 10.5 Å². The predicted octanol–water partition coefficient (Wildman–Crippen LogP) is 2.01. The predicted molar refractivity (Wildman–Crippen MR) is 68.6 cm³/mol. The summed E-state index contributed by atoms with van der Waals surface area (Å²) in [6.45, 7) is 7.13. The second-order valence-electron chi connectivity index (χ2n) is 4.80. The Morgan fingerprint density at radius 2 is 1.94 bits per heavy atom. The summed E-state index contributed by atoms with van der Waals surface area (Å²) in [6.07, 6.45) is 8.53. The van der Waals surface area contributed by atoms with Crippen LogP contribution >= 0.6 is 0 Å². The summed E-state index contributed by atoms with van der Waals surface area (Å²) in [5.74, 6) is 0. The average Bonchev–Trinajstić information content (AvgIpc) is 2.34. The Bertz CT molecular complexity index is 164. The highest BCUT2D eigenvalue weighted by Crippen LogP contribution is 2.08. The van der Waals surface area contributed by atoms with Crippen LogP contribution < -0.4 is 5.73 Å². The lowest BCUT2D eigenvalue weighted by molar-refractivity contribution is -0.0235. The van der Waals surface area contributed by atoms with Crippen LogP contribution in [0, 0.1) is 0 Å². The van der Waals surface area contributed by atoms with Gasteiger partial charge in [0.15, 0.2) is 0 Å². The first kappa shape index (κ1) is 13.9. The molecule has 1 aliphatic rings. The van der Waals surface area contributed by atoms with E-state index in [2.05, 4.69) is 11.8 Å². The molecule has 1 rings (SSSR count). The van der Waals surface area contributed by atoms with Gasteiger partial charge in [0.2, 0.25) is 0 Å². The molecule has 16 heavy (non-hydrogen) atoms. The monoisotopic (exact) mass is 228 g/mol. The van der Waals surface area contributed by atoms with Crippen LogP contribution in [-0.4, -0.2) is 43.8 Å². The normalized spacial score (nSPS) is 22.5. The molecule has 1 unspecified atom stereocenters. The Morgan fingerprint density at radius 3 is 2.69 bits per heavy atom. The van der Waals surface area contributed by atoms with Gasteiger partial charge in [-0.15, -0.1) is 0 Å². The molecule has 0 aromatic heterocycles. The molecule has 0 spiro atoms. The highest BCUT2D eigenvalue weighted by molar-refractivity contribution is 4.71. The maximum atomic E-state index is 5.62. The van der Waals surface area contributed by atoms with Crippen molar-refractivity contribution in [2.45, 2.75) is 51.6 Å². The molecular weight excluding hydrogens is 200 g/mol. The number of hydrogen-bond donors (Lipinski definition) is 1. The fourth-order valence-corrected chi connectivity index (χ4v) is 2.24. The fraction of sp³-hybridized carbons (Fsp3) is 1.00. The van der Waals surface area contributed by atoms with Crippen molar-refractivity contribution < 1.29 is 4.74 Å². The largest absolute Gasteiger partial charge is 0.374 e. The Kier molecular flexibility index (Phi) is 7.81. The first-order valence-electron chi connectivity index (χ1n) is 6.90. The van der Waals surface area contributed by atoms with Crippen molar-refractivity contribution in [3.63, 3.8) is 0 Å². The second kappa shape index (κ2) is 8.97. The topological polar surface area (TPSA) is 38.5 Å². The molecule has 0 bridgehead atoms. The smallest absolute Gasteiger partial charge is 0.0824 e. The third kappa shape index (κ3) is 5.83. The molecule has 0 aliphatic carbocycles. The van der Waals surface area contributed by atoms with Gasteiger partial charge in [-0.2, -0.15) is 0 Å². The van der Waals surface area contributed by atoms with Gasteiger partial charge in [-0.3, -0.25) is 4.90 Å². The van der Waals surface area contributed by atoms with Gasteiger partial charge in [0.05, 0.1) is 12.7 Å². The number of rotatable bonds is 8. The highest BCUT2D eigenvalue weighted by Gasteiger charge is 2.18. The highest BCUT2D eigenvalue weighted by atomic mass is 16.5. The zero-order chi connectivity index (χ0) is 11.6. The van der Waals surface area contributed by atoms with Crippen molar-refractivity contribution in [3.8, 4) is 0 Å². The van der Waals surface area contributed by atoms with E-state index in [-0.39, 0.29) is 6.10 Å².